The van der Waals surface area contributed by atoms with Crippen LogP contribution in [0.25, 0.3) is 0 Å². The van der Waals surface area contributed by atoms with E-state index in [4.69, 9.17) is 15.2 Å². The highest BCUT2D eigenvalue weighted by Crippen LogP contribution is 2.35. The SMILES string of the molecule is NCCOc1ccc(OC[C@@H]2CNCC[C@]2([Si])c2ccc(F)cc2)cc1. The second-order valence-corrected chi connectivity index (χ2v) is 7.44. The fraction of sp³-hybridized carbons (Fsp3) is 0.400. The van der Waals surface area contributed by atoms with Gasteiger partial charge in [0.1, 0.15) is 23.9 Å². The van der Waals surface area contributed by atoms with Crippen molar-refractivity contribution in [2.24, 2.45) is 11.7 Å². The van der Waals surface area contributed by atoms with Crippen molar-refractivity contribution < 1.29 is 13.9 Å². The molecule has 0 bridgehead atoms. The van der Waals surface area contributed by atoms with Crippen molar-refractivity contribution >= 4 is 10.2 Å². The van der Waals surface area contributed by atoms with E-state index in [2.05, 4.69) is 15.6 Å². The molecule has 2 atom stereocenters. The second kappa shape index (κ2) is 8.66. The van der Waals surface area contributed by atoms with Crippen molar-refractivity contribution in [3.63, 3.8) is 0 Å². The van der Waals surface area contributed by atoms with Crippen LogP contribution in [0.4, 0.5) is 4.39 Å². The van der Waals surface area contributed by atoms with E-state index in [0.29, 0.717) is 19.8 Å². The fourth-order valence-electron chi connectivity index (χ4n) is 3.27. The summed E-state index contributed by atoms with van der Waals surface area (Å²) in [4.78, 5) is 0. The first-order valence-corrected chi connectivity index (χ1v) is 9.39. The Bertz CT molecular complexity index is 696. The van der Waals surface area contributed by atoms with E-state index in [1.807, 2.05) is 36.4 Å². The predicted molar refractivity (Wildman–Crippen MR) is 101 cm³/mol. The molecule has 4 nitrogen and oxygen atoms in total. The molecule has 2 aromatic carbocycles. The van der Waals surface area contributed by atoms with Gasteiger partial charge in [-0.1, -0.05) is 12.1 Å². The number of halogens is 1. The molecular weight excluding hydrogens is 347 g/mol. The molecule has 1 heterocycles. The number of rotatable bonds is 7. The summed E-state index contributed by atoms with van der Waals surface area (Å²) in [7, 11) is 4.00. The third-order valence-electron chi connectivity index (χ3n) is 4.80. The number of ether oxygens (including phenoxy) is 2. The molecule has 0 spiro atoms. The van der Waals surface area contributed by atoms with Crippen LogP contribution < -0.4 is 20.5 Å². The first-order chi connectivity index (χ1) is 12.6. The zero-order valence-electron chi connectivity index (χ0n) is 14.7. The van der Waals surface area contributed by atoms with Gasteiger partial charge in [-0.2, -0.15) is 0 Å². The normalized spacial score (nSPS) is 22.8. The standard InChI is InChI=1S/C20H24FN2O2Si/c21-17-3-1-15(2-4-17)20(26)9-11-23-13-16(20)14-25-19-7-5-18(6-8-19)24-12-10-22/h1-8,16,23H,9-14,22H2/t16-,20-/m0/s1. The smallest absolute Gasteiger partial charge is 0.123 e. The van der Waals surface area contributed by atoms with Gasteiger partial charge < -0.3 is 20.5 Å². The molecular formula is C20H24FN2O2Si. The van der Waals surface area contributed by atoms with Gasteiger partial charge in [0.25, 0.3) is 0 Å². The van der Waals surface area contributed by atoms with Crippen molar-refractivity contribution in [3.8, 4) is 11.5 Å². The van der Waals surface area contributed by atoms with Crippen molar-refractivity contribution in [2.45, 2.75) is 11.5 Å². The summed E-state index contributed by atoms with van der Waals surface area (Å²) in [6, 6.07) is 14.3. The van der Waals surface area contributed by atoms with E-state index in [9.17, 15) is 4.39 Å². The predicted octanol–water partition coefficient (Wildman–Crippen LogP) is 2.22. The van der Waals surface area contributed by atoms with E-state index in [1.54, 1.807) is 0 Å². The molecule has 6 heteroatoms. The summed E-state index contributed by atoms with van der Waals surface area (Å²) < 4.78 is 24.8. The molecule has 0 aromatic heterocycles. The van der Waals surface area contributed by atoms with Crippen LogP contribution in [0.3, 0.4) is 0 Å². The Labute approximate surface area is 157 Å². The Morgan fingerprint density at radius 3 is 2.38 bits per heavy atom. The largest absolute Gasteiger partial charge is 0.493 e. The maximum Gasteiger partial charge on any atom is 0.123 e. The Morgan fingerprint density at radius 2 is 1.73 bits per heavy atom. The molecule has 1 saturated heterocycles. The second-order valence-electron chi connectivity index (χ2n) is 6.55. The van der Waals surface area contributed by atoms with E-state index in [-0.39, 0.29) is 16.8 Å². The van der Waals surface area contributed by atoms with Crippen molar-refractivity contribution in [2.75, 3.05) is 32.8 Å². The Kier molecular flexibility index (Phi) is 6.29. The summed E-state index contributed by atoms with van der Waals surface area (Å²) >= 11 is 0. The van der Waals surface area contributed by atoms with Crippen LogP contribution in [0.1, 0.15) is 12.0 Å². The lowest BCUT2D eigenvalue weighted by molar-refractivity contribution is 0.176. The maximum atomic E-state index is 13.3. The van der Waals surface area contributed by atoms with Crippen LogP contribution in [0.5, 0.6) is 11.5 Å². The molecule has 137 valence electrons. The molecule has 3 radical (unpaired) electrons. The van der Waals surface area contributed by atoms with Crippen molar-refractivity contribution in [1.82, 2.24) is 5.32 Å². The van der Waals surface area contributed by atoms with Gasteiger partial charge in [-0.3, -0.25) is 0 Å². The van der Waals surface area contributed by atoms with E-state index in [0.717, 1.165) is 36.6 Å². The zero-order chi connectivity index (χ0) is 18.4. The summed E-state index contributed by atoms with van der Waals surface area (Å²) in [5.74, 6) is 1.57. The van der Waals surface area contributed by atoms with Crippen LogP contribution in [-0.2, 0) is 5.04 Å². The summed E-state index contributed by atoms with van der Waals surface area (Å²) in [6.45, 7) is 3.28. The minimum atomic E-state index is -0.233. The maximum absolute atomic E-state index is 13.3. The van der Waals surface area contributed by atoms with Crippen LogP contribution in [0, 0.1) is 11.7 Å². The number of nitrogens with one attached hydrogen (secondary N) is 1. The van der Waals surface area contributed by atoms with Crippen LogP contribution in [-0.4, -0.2) is 43.1 Å². The van der Waals surface area contributed by atoms with E-state index < -0.39 is 0 Å². The van der Waals surface area contributed by atoms with Gasteiger partial charge in [-0.15, -0.1) is 0 Å². The summed E-state index contributed by atoms with van der Waals surface area (Å²) in [6.07, 6.45) is 0.912. The molecule has 1 aliphatic rings. The fourth-order valence-corrected chi connectivity index (χ4v) is 3.75. The minimum Gasteiger partial charge on any atom is -0.493 e. The van der Waals surface area contributed by atoms with Crippen LogP contribution in [0.2, 0.25) is 0 Å². The van der Waals surface area contributed by atoms with Gasteiger partial charge in [0.15, 0.2) is 0 Å². The number of hydrogen-bond donors (Lipinski definition) is 2. The van der Waals surface area contributed by atoms with Crippen LogP contribution >= 0.6 is 0 Å². The van der Waals surface area contributed by atoms with E-state index >= 15 is 0 Å². The Balaban J connectivity index is 1.66. The highest BCUT2D eigenvalue weighted by molar-refractivity contribution is 6.16. The minimum absolute atomic E-state index is 0.214. The Morgan fingerprint density at radius 1 is 1.08 bits per heavy atom. The van der Waals surface area contributed by atoms with Gasteiger partial charge >= 0.3 is 0 Å². The molecule has 1 fully saturated rings. The third-order valence-corrected chi connectivity index (χ3v) is 5.75. The molecule has 26 heavy (non-hydrogen) atoms. The first-order valence-electron chi connectivity index (χ1n) is 8.89. The quantitative estimate of drug-likeness (QED) is 0.733. The van der Waals surface area contributed by atoms with Gasteiger partial charge in [-0.05, 0) is 60.0 Å². The van der Waals surface area contributed by atoms with Gasteiger partial charge in [0, 0.05) is 29.2 Å². The lowest BCUT2D eigenvalue weighted by Crippen LogP contribution is -2.50. The lowest BCUT2D eigenvalue weighted by Gasteiger charge is -2.42. The molecule has 3 N–H and O–H groups in total. The topological polar surface area (TPSA) is 56.5 Å². The van der Waals surface area contributed by atoms with Gasteiger partial charge in [0.05, 0.1) is 6.61 Å². The molecule has 1 aliphatic heterocycles. The number of hydrogen-bond acceptors (Lipinski definition) is 4. The molecule has 3 rings (SSSR count). The molecule has 0 unspecified atom stereocenters. The Hall–Kier alpha value is -1.89. The lowest BCUT2D eigenvalue weighted by atomic mass is 9.80. The van der Waals surface area contributed by atoms with Gasteiger partial charge in [-0.25, -0.2) is 4.39 Å². The number of benzene rings is 2. The summed E-state index contributed by atoms with van der Waals surface area (Å²) in [5, 5.41) is 3.19. The molecule has 0 amide bonds. The van der Waals surface area contributed by atoms with Crippen molar-refractivity contribution in [3.05, 3.63) is 59.9 Å². The van der Waals surface area contributed by atoms with Crippen LogP contribution in [0.15, 0.2) is 48.5 Å². The molecule has 0 saturated carbocycles. The molecule has 2 aromatic rings. The van der Waals surface area contributed by atoms with Crippen molar-refractivity contribution in [1.29, 1.82) is 0 Å². The highest BCUT2D eigenvalue weighted by atomic mass is 28.1. The first kappa shape index (κ1) is 18.9. The number of piperidine rings is 1. The number of nitrogens with two attached hydrogens (primary N) is 1. The monoisotopic (exact) mass is 371 g/mol. The highest BCUT2D eigenvalue weighted by Gasteiger charge is 2.38. The van der Waals surface area contributed by atoms with Gasteiger partial charge in [0.2, 0.25) is 0 Å². The third kappa shape index (κ3) is 4.44. The van der Waals surface area contributed by atoms with E-state index in [1.165, 1.54) is 12.1 Å². The summed E-state index contributed by atoms with van der Waals surface area (Å²) in [5.41, 5.74) is 6.52. The zero-order valence-corrected chi connectivity index (χ0v) is 15.7. The average molecular weight is 372 g/mol. The molecule has 0 aliphatic carbocycles. The average Bonchev–Trinajstić information content (AvgIpc) is 2.67.